The molecule has 0 unspecified atom stereocenters. The van der Waals surface area contributed by atoms with Crippen molar-refractivity contribution in [2.24, 2.45) is 28.7 Å². The molecule has 3 heterocycles. The van der Waals surface area contributed by atoms with Gasteiger partial charge in [-0.15, -0.1) is 0 Å². The standard InChI is InChI=1S/C28H35N3O/c1-20(2)19-31-14-13-23-16-28(27(32)29-17-22-11-7-4-8-12-22)25(26(31)24(23)18-30-28)15-21-9-5-3-6-10-21/h3-12,18,20,23-26H,13-17,19H2,1-2H3,(H,29,32)/t23-,24+,25+,26-,28-/m0/s1. The first-order valence-electron chi connectivity index (χ1n) is 12.2. The molecule has 32 heavy (non-hydrogen) atoms. The number of likely N-dealkylation sites (tertiary alicyclic amines) is 1. The zero-order valence-corrected chi connectivity index (χ0v) is 19.3. The van der Waals surface area contributed by atoms with Crippen LogP contribution in [0.15, 0.2) is 65.7 Å². The van der Waals surface area contributed by atoms with Crippen LogP contribution < -0.4 is 5.32 Å². The highest BCUT2D eigenvalue weighted by Gasteiger charge is 2.61. The highest BCUT2D eigenvalue weighted by atomic mass is 16.2. The largest absolute Gasteiger partial charge is 0.350 e. The molecule has 4 aliphatic rings. The monoisotopic (exact) mass is 429 g/mol. The Hall–Kier alpha value is -2.46. The quantitative estimate of drug-likeness (QED) is 0.711. The Balaban J connectivity index is 1.47. The second-order valence-electron chi connectivity index (χ2n) is 10.4. The van der Waals surface area contributed by atoms with Crippen molar-refractivity contribution in [2.75, 3.05) is 13.1 Å². The van der Waals surface area contributed by atoms with Gasteiger partial charge in [-0.1, -0.05) is 74.5 Å². The second-order valence-corrected chi connectivity index (χ2v) is 10.4. The number of carbonyl (C=O) groups excluding carboxylic acids is 1. The summed E-state index contributed by atoms with van der Waals surface area (Å²) in [4.78, 5) is 21.6. The minimum Gasteiger partial charge on any atom is -0.350 e. The lowest BCUT2D eigenvalue weighted by atomic mass is 9.55. The van der Waals surface area contributed by atoms with E-state index in [4.69, 9.17) is 4.99 Å². The summed E-state index contributed by atoms with van der Waals surface area (Å²) >= 11 is 0. The Bertz CT molecular complexity index is 957. The number of hydrogen-bond donors (Lipinski definition) is 1. The van der Waals surface area contributed by atoms with E-state index in [9.17, 15) is 4.79 Å². The smallest absolute Gasteiger partial charge is 0.248 e. The number of aliphatic imine (C=N–C) groups is 1. The summed E-state index contributed by atoms with van der Waals surface area (Å²) in [5, 5.41) is 3.27. The van der Waals surface area contributed by atoms with Crippen molar-refractivity contribution >= 4 is 12.1 Å². The van der Waals surface area contributed by atoms with Gasteiger partial charge in [-0.05, 0) is 48.8 Å². The van der Waals surface area contributed by atoms with E-state index >= 15 is 0 Å². The molecule has 3 aliphatic heterocycles. The van der Waals surface area contributed by atoms with Gasteiger partial charge < -0.3 is 5.32 Å². The van der Waals surface area contributed by atoms with E-state index in [1.807, 2.05) is 18.2 Å². The Morgan fingerprint density at radius 1 is 1.09 bits per heavy atom. The molecule has 1 saturated carbocycles. The zero-order chi connectivity index (χ0) is 22.1. The summed E-state index contributed by atoms with van der Waals surface area (Å²) in [7, 11) is 0. The number of hydrogen-bond acceptors (Lipinski definition) is 3. The van der Waals surface area contributed by atoms with Crippen LogP contribution in [0.3, 0.4) is 0 Å². The van der Waals surface area contributed by atoms with Crippen LogP contribution >= 0.6 is 0 Å². The van der Waals surface area contributed by atoms with E-state index in [1.165, 1.54) is 12.0 Å². The molecule has 4 heteroatoms. The molecule has 2 aromatic rings. The molecule has 1 saturated heterocycles. The molecule has 6 rings (SSSR count). The van der Waals surface area contributed by atoms with Crippen molar-refractivity contribution in [3.05, 3.63) is 71.8 Å². The van der Waals surface area contributed by atoms with Crippen molar-refractivity contribution in [1.29, 1.82) is 0 Å². The number of nitrogens with zero attached hydrogens (tertiary/aromatic N) is 2. The first kappa shape index (κ1) is 21.4. The van der Waals surface area contributed by atoms with Crippen molar-refractivity contribution in [3.8, 4) is 0 Å². The Morgan fingerprint density at radius 2 is 1.78 bits per heavy atom. The third kappa shape index (κ3) is 3.90. The van der Waals surface area contributed by atoms with Crippen molar-refractivity contribution in [2.45, 2.75) is 51.2 Å². The maximum absolute atomic E-state index is 13.9. The number of rotatable bonds is 7. The molecule has 1 aliphatic carbocycles. The van der Waals surface area contributed by atoms with Gasteiger partial charge in [-0.2, -0.15) is 0 Å². The summed E-state index contributed by atoms with van der Waals surface area (Å²) in [6.45, 7) is 7.40. The fraction of sp³-hybridized carbons (Fsp3) is 0.500. The van der Waals surface area contributed by atoms with Crippen LogP contribution in [0, 0.1) is 23.7 Å². The molecule has 1 N–H and O–H groups in total. The first-order chi connectivity index (χ1) is 15.6. The van der Waals surface area contributed by atoms with Crippen LogP contribution in [0.1, 0.15) is 37.8 Å². The number of nitrogens with one attached hydrogen (secondary N) is 1. The first-order valence-corrected chi connectivity index (χ1v) is 12.2. The minimum absolute atomic E-state index is 0.109. The predicted molar refractivity (Wildman–Crippen MR) is 130 cm³/mol. The van der Waals surface area contributed by atoms with Crippen LogP contribution in [0.2, 0.25) is 0 Å². The summed E-state index contributed by atoms with van der Waals surface area (Å²) < 4.78 is 0. The van der Waals surface area contributed by atoms with Gasteiger partial charge in [-0.25, -0.2) is 0 Å². The molecule has 2 aromatic carbocycles. The predicted octanol–water partition coefficient (Wildman–Crippen LogP) is 4.35. The summed E-state index contributed by atoms with van der Waals surface area (Å²) in [5.41, 5.74) is 1.78. The fourth-order valence-corrected chi connectivity index (χ4v) is 6.46. The van der Waals surface area contributed by atoms with Gasteiger partial charge in [0.25, 0.3) is 0 Å². The molecule has 2 fully saturated rings. The van der Waals surface area contributed by atoms with E-state index in [0.29, 0.717) is 30.3 Å². The molecule has 4 nitrogen and oxygen atoms in total. The normalized spacial score (nSPS) is 31.1. The average Bonchev–Trinajstić information content (AvgIpc) is 2.82. The summed E-state index contributed by atoms with van der Waals surface area (Å²) in [6.07, 6.45) is 5.12. The Labute approximate surface area is 192 Å². The Kier molecular flexibility index (Phi) is 5.90. The molecule has 1 amide bonds. The second kappa shape index (κ2) is 8.82. The Morgan fingerprint density at radius 3 is 2.47 bits per heavy atom. The van der Waals surface area contributed by atoms with Crippen molar-refractivity contribution < 1.29 is 4.79 Å². The zero-order valence-electron chi connectivity index (χ0n) is 19.3. The van der Waals surface area contributed by atoms with E-state index in [2.05, 4.69) is 72.7 Å². The highest BCUT2D eigenvalue weighted by molar-refractivity contribution is 5.91. The molecular formula is C28H35N3O. The lowest BCUT2D eigenvalue weighted by molar-refractivity contribution is -0.138. The maximum Gasteiger partial charge on any atom is 0.248 e. The maximum atomic E-state index is 13.9. The molecular weight excluding hydrogens is 394 g/mol. The van der Waals surface area contributed by atoms with Gasteiger partial charge >= 0.3 is 0 Å². The third-order valence-electron chi connectivity index (χ3n) is 7.81. The van der Waals surface area contributed by atoms with Gasteiger partial charge in [0, 0.05) is 37.2 Å². The van der Waals surface area contributed by atoms with Gasteiger partial charge in [0.15, 0.2) is 0 Å². The number of piperidine rings is 1. The number of carbonyl (C=O) groups is 1. The van der Waals surface area contributed by atoms with Crippen molar-refractivity contribution in [1.82, 2.24) is 10.2 Å². The number of amides is 1. The van der Waals surface area contributed by atoms with Gasteiger partial charge in [0.05, 0.1) is 0 Å². The topological polar surface area (TPSA) is 44.7 Å². The number of benzene rings is 2. The van der Waals surface area contributed by atoms with E-state index < -0.39 is 5.54 Å². The van der Waals surface area contributed by atoms with Crippen LogP contribution in [0.5, 0.6) is 0 Å². The van der Waals surface area contributed by atoms with Crippen LogP contribution in [-0.4, -0.2) is 41.7 Å². The van der Waals surface area contributed by atoms with E-state index in [-0.39, 0.29) is 11.8 Å². The van der Waals surface area contributed by atoms with Gasteiger partial charge in [0.2, 0.25) is 5.91 Å². The van der Waals surface area contributed by atoms with Crippen molar-refractivity contribution in [3.63, 3.8) is 0 Å². The van der Waals surface area contributed by atoms with E-state index in [0.717, 1.165) is 31.5 Å². The third-order valence-corrected chi connectivity index (χ3v) is 7.81. The molecule has 4 bridgehead atoms. The highest BCUT2D eigenvalue weighted by Crippen LogP contribution is 2.53. The van der Waals surface area contributed by atoms with Crippen LogP contribution in [0.4, 0.5) is 0 Å². The fourth-order valence-electron chi connectivity index (χ4n) is 6.46. The molecule has 5 atom stereocenters. The summed E-state index contributed by atoms with van der Waals surface area (Å²) in [5.74, 6) is 1.96. The SMILES string of the molecule is CC(C)CN1CC[C@H]2C[C@]3(C(=O)NCc4ccccc4)N=C[C@H]2[C@H]1[C@H]3Cc1ccccc1. The van der Waals surface area contributed by atoms with Gasteiger partial charge in [0.1, 0.15) is 5.54 Å². The van der Waals surface area contributed by atoms with Gasteiger partial charge in [-0.3, -0.25) is 14.7 Å². The molecule has 0 aromatic heterocycles. The lowest BCUT2D eigenvalue weighted by Gasteiger charge is -2.60. The minimum atomic E-state index is -0.662. The molecule has 0 radical (unpaired) electrons. The average molecular weight is 430 g/mol. The summed E-state index contributed by atoms with van der Waals surface area (Å²) in [6, 6.07) is 21.3. The molecule has 168 valence electrons. The van der Waals surface area contributed by atoms with Crippen LogP contribution in [0.25, 0.3) is 0 Å². The molecule has 0 spiro atoms. The lowest BCUT2D eigenvalue weighted by Crippen LogP contribution is -2.70. The van der Waals surface area contributed by atoms with Crippen LogP contribution in [-0.2, 0) is 17.8 Å². The van der Waals surface area contributed by atoms with E-state index in [1.54, 1.807) is 0 Å².